The molecule has 12 heteroatoms. The number of aliphatic hydroxyl groups excluding tert-OH is 2. The number of carbonyl (C=O) groups is 1. The Kier molecular flexibility index (Phi) is 5.35. The standard InChI is InChI=1S/C18H17FN6O4S/c1-20-15-11-16(24-10(23-15)6-4-8-3-5-9(19)30-8)25(7-22-11)18-13(27)12(26)14(29-18)17(28)21-2/h3,5,7,12-14,18,26-27H,1-2H3,(H,21,28)(H,20,23,24)/t12-,13+,14-,18+/m0/s1. The Morgan fingerprint density at radius 2 is 2.07 bits per heavy atom. The Hall–Kier alpha value is -3.11. The number of likely N-dealkylation sites (N-methyl/N-ethyl adjacent to an activating group) is 1. The highest BCUT2D eigenvalue weighted by atomic mass is 32.1. The fraction of sp³-hybridized carbons (Fsp3) is 0.333. The Bertz CT molecular complexity index is 1170. The van der Waals surface area contributed by atoms with E-state index in [1.165, 1.54) is 24.0 Å². The van der Waals surface area contributed by atoms with Gasteiger partial charge >= 0.3 is 0 Å². The quantitative estimate of drug-likeness (QED) is 0.419. The molecule has 0 spiro atoms. The van der Waals surface area contributed by atoms with E-state index in [1.807, 2.05) is 0 Å². The third-order valence-electron chi connectivity index (χ3n) is 4.55. The summed E-state index contributed by atoms with van der Waals surface area (Å²) in [6, 6.07) is 2.87. The number of thiophene rings is 1. The van der Waals surface area contributed by atoms with E-state index in [4.69, 9.17) is 4.74 Å². The largest absolute Gasteiger partial charge is 0.387 e. The van der Waals surface area contributed by atoms with Gasteiger partial charge in [0, 0.05) is 14.1 Å². The number of carbonyl (C=O) groups excluding carboxylic acids is 1. The van der Waals surface area contributed by atoms with Gasteiger partial charge < -0.3 is 25.6 Å². The van der Waals surface area contributed by atoms with Crippen LogP contribution in [0.15, 0.2) is 18.5 Å². The summed E-state index contributed by atoms with van der Waals surface area (Å²) in [5.74, 6) is 5.54. The molecule has 1 aliphatic heterocycles. The van der Waals surface area contributed by atoms with E-state index in [0.717, 1.165) is 11.3 Å². The van der Waals surface area contributed by atoms with Crippen LogP contribution >= 0.6 is 11.3 Å². The number of hydrogen-bond donors (Lipinski definition) is 4. The molecule has 4 heterocycles. The first-order valence-corrected chi connectivity index (χ1v) is 9.67. The van der Waals surface area contributed by atoms with Crippen LogP contribution in [0.4, 0.5) is 10.2 Å². The van der Waals surface area contributed by atoms with Gasteiger partial charge in [-0.1, -0.05) is 11.3 Å². The zero-order valence-corrected chi connectivity index (χ0v) is 16.6. The number of nitrogens with one attached hydrogen (secondary N) is 2. The lowest BCUT2D eigenvalue weighted by Gasteiger charge is -2.16. The van der Waals surface area contributed by atoms with E-state index in [1.54, 1.807) is 13.1 Å². The maximum atomic E-state index is 13.2. The molecule has 0 bridgehead atoms. The van der Waals surface area contributed by atoms with Crippen LogP contribution in [0.5, 0.6) is 0 Å². The normalized spacial score (nSPS) is 23.2. The van der Waals surface area contributed by atoms with Gasteiger partial charge in [-0.05, 0) is 24.0 Å². The van der Waals surface area contributed by atoms with Crippen molar-refractivity contribution in [1.29, 1.82) is 0 Å². The molecule has 1 amide bonds. The van der Waals surface area contributed by atoms with Gasteiger partial charge in [-0.15, -0.1) is 0 Å². The average Bonchev–Trinajstić information content (AvgIpc) is 3.43. The molecular formula is C18H17FN6O4S. The first-order chi connectivity index (χ1) is 14.4. The van der Waals surface area contributed by atoms with Crippen LogP contribution in [0.1, 0.15) is 16.9 Å². The van der Waals surface area contributed by atoms with Gasteiger partial charge in [0.25, 0.3) is 5.91 Å². The number of imidazole rings is 1. The minimum atomic E-state index is -1.43. The van der Waals surface area contributed by atoms with E-state index in [2.05, 4.69) is 37.4 Å². The van der Waals surface area contributed by atoms with Gasteiger partial charge in [0.05, 0.1) is 11.2 Å². The number of aliphatic hydroxyl groups is 2. The Balaban J connectivity index is 1.75. The minimum Gasteiger partial charge on any atom is -0.387 e. The minimum absolute atomic E-state index is 0.137. The third-order valence-corrected chi connectivity index (χ3v) is 5.34. The molecule has 10 nitrogen and oxygen atoms in total. The first-order valence-electron chi connectivity index (χ1n) is 8.85. The topological polar surface area (TPSA) is 134 Å². The predicted molar refractivity (Wildman–Crippen MR) is 105 cm³/mol. The molecule has 0 radical (unpaired) electrons. The Morgan fingerprint density at radius 3 is 2.73 bits per heavy atom. The van der Waals surface area contributed by atoms with Crippen molar-refractivity contribution < 1.29 is 24.1 Å². The molecule has 4 rings (SSSR count). The molecular weight excluding hydrogens is 415 g/mol. The molecule has 1 saturated heterocycles. The van der Waals surface area contributed by atoms with E-state index < -0.39 is 30.4 Å². The summed E-state index contributed by atoms with van der Waals surface area (Å²) < 4.78 is 20.2. The van der Waals surface area contributed by atoms with E-state index in [9.17, 15) is 19.4 Å². The third kappa shape index (κ3) is 3.48. The summed E-state index contributed by atoms with van der Waals surface area (Å²) in [6.45, 7) is 0. The molecule has 30 heavy (non-hydrogen) atoms. The van der Waals surface area contributed by atoms with E-state index in [0.29, 0.717) is 16.2 Å². The number of hydrogen-bond acceptors (Lipinski definition) is 9. The fourth-order valence-electron chi connectivity index (χ4n) is 3.08. The zero-order valence-electron chi connectivity index (χ0n) is 15.8. The lowest BCUT2D eigenvalue weighted by atomic mass is 10.1. The van der Waals surface area contributed by atoms with Gasteiger partial charge in [0.15, 0.2) is 34.4 Å². The van der Waals surface area contributed by atoms with E-state index in [-0.39, 0.29) is 16.6 Å². The number of nitrogens with zero attached hydrogens (tertiary/aromatic N) is 4. The molecule has 3 aromatic heterocycles. The highest BCUT2D eigenvalue weighted by Gasteiger charge is 2.47. The molecule has 0 unspecified atom stereocenters. The molecule has 1 aliphatic rings. The maximum absolute atomic E-state index is 13.2. The van der Waals surface area contributed by atoms with Gasteiger partial charge in [0.1, 0.15) is 12.2 Å². The highest BCUT2D eigenvalue weighted by Crippen LogP contribution is 2.32. The molecule has 3 aromatic rings. The lowest BCUT2D eigenvalue weighted by molar-refractivity contribution is -0.137. The SMILES string of the molecule is CNC(=O)[C@H]1O[C@@H](n2cnc3c(NC)nc(C#Cc4ccc(F)s4)nc32)[C@H](O)[C@@H]1O. The summed E-state index contributed by atoms with van der Waals surface area (Å²) in [6.07, 6.45) is -3.78. The van der Waals surface area contributed by atoms with Crippen molar-refractivity contribution in [2.75, 3.05) is 19.4 Å². The molecule has 4 N–H and O–H groups in total. The van der Waals surface area contributed by atoms with Crippen LogP contribution in [-0.4, -0.2) is 68.0 Å². The summed E-state index contributed by atoms with van der Waals surface area (Å²) in [4.78, 5) is 25.3. The smallest absolute Gasteiger partial charge is 0.251 e. The number of amides is 1. The summed E-state index contributed by atoms with van der Waals surface area (Å²) >= 11 is 0.904. The van der Waals surface area contributed by atoms with Crippen LogP contribution in [0, 0.1) is 17.0 Å². The fourth-order valence-corrected chi connectivity index (χ4v) is 3.66. The number of ether oxygens (including phenoxy) is 1. The number of anilines is 1. The number of aromatic nitrogens is 4. The maximum Gasteiger partial charge on any atom is 0.251 e. The van der Waals surface area contributed by atoms with Crippen molar-refractivity contribution in [3.63, 3.8) is 0 Å². The van der Waals surface area contributed by atoms with Gasteiger partial charge in [0.2, 0.25) is 5.82 Å². The molecule has 156 valence electrons. The number of rotatable bonds is 3. The Morgan fingerprint density at radius 1 is 1.27 bits per heavy atom. The van der Waals surface area contributed by atoms with Crippen LogP contribution < -0.4 is 10.6 Å². The zero-order chi connectivity index (χ0) is 21.4. The van der Waals surface area contributed by atoms with Crippen molar-refractivity contribution in [2.45, 2.75) is 24.5 Å². The predicted octanol–water partition coefficient (Wildman–Crippen LogP) is -0.166. The molecule has 4 atom stereocenters. The van der Waals surface area contributed by atoms with Crippen molar-refractivity contribution >= 4 is 34.2 Å². The second kappa shape index (κ2) is 7.96. The van der Waals surface area contributed by atoms with Crippen LogP contribution in [-0.2, 0) is 9.53 Å². The van der Waals surface area contributed by atoms with Crippen molar-refractivity contribution in [3.8, 4) is 11.8 Å². The van der Waals surface area contributed by atoms with Crippen molar-refractivity contribution in [1.82, 2.24) is 24.8 Å². The highest BCUT2D eigenvalue weighted by molar-refractivity contribution is 7.10. The van der Waals surface area contributed by atoms with Crippen molar-refractivity contribution in [3.05, 3.63) is 34.3 Å². The van der Waals surface area contributed by atoms with Crippen LogP contribution in [0.2, 0.25) is 0 Å². The van der Waals surface area contributed by atoms with Crippen LogP contribution in [0.25, 0.3) is 11.2 Å². The Labute approximate surface area is 173 Å². The van der Waals surface area contributed by atoms with Crippen molar-refractivity contribution in [2.24, 2.45) is 0 Å². The van der Waals surface area contributed by atoms with Gasteiger partial charge in [-0.3, -0.25) is 9.36 Å². The first kappa shape index (κ1) is 20.2. The van der Waals surface area contributed by atoms with Gasteiger partial charge in [-0.25, -0.2) is 15.0 Å². The summed E-state index contributed by atoms with van der Waals surface area (Å²) in [5, 5.41) is 25.6. The van der Waals surface area contributed by atoms with Gasteiger partial charge in [-0.2, -0.15) is 4.39 Å². The molecule has 0 aromatic carbocycles. The molecule has 1 fully saturated rings. The molecule has 0 saturated carbocycles. The number of halogens is 1. The second-order valence-corrected chi connectivity index (χ2v) is 7.40. The lowest BCUT2D eigenvalue weighted by Crippen LogP contribution is -2.41. The van der Waals surface area contributed by atoms with Crippen LogP contribution in [0.3, 0.4) is 0 Å². The summed E-state index contributed by atoms with van der Waals surface area (Å²) in [5.41, 5.74) is 0.670. The monoisotopic (exact) mass is 432 g/mol. The summed E-state index contributed by atoms with van der Waals surface area (Å²) in [7, 11) is 3.06. The average molecular weight is 432 g/mol. The second-order valence-electron chi connectivity index (χ2n) is 6.37. The van der Waals surface area contributed by atoms with E-state index >= 15 is 0 Å². The number of fused-ring (bicyclic) bond motifs is 1. The molecule has 0 aliphatic carbocycles.